The normalized spacial score (nSPS) is 28.0. The number of piperazine rings is 1. The fourth-order valence-electron chi connectivity index (χ4n) is 7.16. The van der Waals surface area contributed by atoms with Gasteiger partial charge in [-0.15, -0.1) is 0 Å². The van der Waals surface area contributed by atoms with E-state index in [0.717, 1.165) is 24.5 Å². The molecule has 2 aromatic rings. The van der Waals surface area contributed by atoms with Crippen LogP contribution in [0.15, 0.2) is 36.4 Å². The lowest BCUT2D eigenvalue weighted by atomic mass is 9.71. The predicted octanol–water partition coefficient (Wildman–Crippen LogP) is 5.37. The number of carbonyl (C=O) groups is 1. The Hall–Kier alpha value is -2.47. The lowest BCUT2D eigenvalue weighted by Gasteiger charge is -2.41. The van der Waals surface area contributed by atoms with Crippen molar-refractivity contribution in [3.8, 4) is 0 Å². The van der Waals surface area contributed by atoms with E-state index in [2.05, 4.69) is 10.6 Å². The number of rotatable bonds is 8. The van der Waals surface area contributed by atoms with E-state index in [0.29, 0.717) is 32.5 Å². The molecule has 3 aliphatic heterocycles. The number of hydrogen-bond acceptors (Lipinski definition) is 5. The number of amides is 1. The number of hydrogen-bond donors (Lipinski definition) is 2. The number of sulfonamides is 1. The van der Waals surface area contributed by atoms with Crippen molar-refractivity contribution in [2.45, 2.75) is 82.9 Å². The molecule has 3 fully saturated rings. The highest BCUT2D eigenvalue weighted by Gasteiger charge is 2.40. The van der Waals surface area contributed by atoms with Gasteiger partial charge in [-0.05, 0) is 94.0 Å². The van der Waals surface area contributed by atoms with Crippen molar-refractivity contribution in [1.29, 1.82) is 0 Å². The number of carbonyl (C=O) groups excluding carboxylic acids is 1. The lowest BCUT2D eigenvalue weighted by Crippen LogP contribution is -2.57. The molecule has 0 radical (unpaired) electrons. The highest BCUT2D eigenvalue weighted by atomic mass is 32.2. The summed E-state index contributed by atoms with van der Waals surface area (Å²) in [6.07, 6.45) is 3.12. The van der Waals surface area contributed by atoms with Gasteiger partial charge in [0.15, 0.2) is 11.6 Å². The van der Waals surface area contributed by atoms with E-state index in [-0.39, 0.29) is 65.0 Å². The van der Waals surface area contributed by atoms with E-state index in [1.54, 1.807) is 19.1 Å². The third kappa shape index (κ3) is 7.27. The summed E-state index contributed by atoms with van der Waals surface area (Å²) in [5.41, 5.74) is 0.639. The molecule has 2 bridgehead atoms. The molecular weight excluding hydrogens is 579 g/mol. The minimum Gasteiger partial charge on any atom is -0.376 e. The van der Waals surface area contributed by atoms with E-state index in [4.69, 9.17) is 4.74 Å². The fourth-order valence-corrected chi connectivity index (χ4v) is 8.97. The molecule has 236 valence electrons. The molecule has 6 atom stereocenters. The van der Waals surface area contributed by atoms with Gasteiger partial charge in [-0.1, -0.05) is 19.1 Å². The van der Waals surface area contributed by atoms with Crippen LogP contribution in [0.2, 0.25) is 0 Å². The standard InChI is InChI=1S/C32H42F3N3O4S/c1-20(29(21-6-8-23(33)9-7-21)22-14-15-42-32(2,3)17-22)31(39)37-28-13-12-27(34)30(35)26(28)11-10-25-18-36-24-5-4-16-43(40,41)38(25)19-24/h6-9,12-13,20,22,24-25,29,36H,4-5,10-11,14-19H2,1-3H3,(H,37,39)/t20-,22?,24+,25-,29-/m0/s1. The van der Waals surface area contributed by atoms with Crippen molar-refractivity contribution < 1.29 is 31.1 Å². The van der Waals surface area contributed by atoms with Crippen LogP contribution in [0.4, 0.5) is 18.9 Å². The van der Waals surface area contributed by atoms with Gasteiger partial charge >= 0.3 is 0 Å². The molecule has 7 nitrogen and oxygen atoms in total. The largest absolute Gasteiger partial charge is 0.376 e. The van der Waals surface area contributed by atoms with Crippen molar-refractivity contribution in [3.05, 3.63) is 65.0 Å². The zero-order valence-corrected chi connectivity index (χ0v) is 25.9. The summed E-state index contributed by atoms with van der Waals surface area (Å²) < 4.78 is 76.7. The van der Waals surface area contributed by atoms with Crippen LogP contribution in [-0.2, 0) is 26.0 Å². The second kappa shape index (κ2) is 12.9. The Morgan fingerprint density at radius 3 is 2.60 bits per heavy atom. The van der Waals surface area contributed by atoms with Crippen molar-refractivity contribution in [2.24, 2.45) is 11.8 Å². The Morgan fingerprint density at radius 1 is 1.14 bits per heavy atom. The quantitative estimate of drug-likeness (QED) is 0.414. The van der Waals surface area contributed by atoms with Gasteiger partial charge in [-0.2, -0.15) is 4.31 Å². The number of ether oxygens (including phenoxy) is 1. The van der Waals surface area contributed by atoms with Crippen molar-refractivity contribution in [3.63, 3.8) is 0 Å². The summed E-state index contributed by atoms with van der Waals surface area (Å²) in [5, 5.41) is 6.25. The van der Waals surface area contributed by atoms with Gasteiger partial charge in [0.1, 0.15) is 5.82 Å². The summed E-state index contributed by atoms with van der Waals surface area (Å²) in [4.78, 5) is 13.8. The minimum atomic E-state index is -3.44. The molecular formula is C32H42F3N3O4S. The monoisotopic (exact) mass is 621 g/mol. The molecule has 0 aliphatic carbocycles. The van der Waals surface area contributed by atoms with Gasteiger partial charge in [-0.3, -0.25) is 4.79 Å². The molecule has 2 aromatic carbocycles. The van der Waals surface area contributed by atoms with E-state index in [9.17, 15) is 22.0 Å². The second-order valence-electron chi connectivity index (χ2n) is 12.9. The molecule has 3 heterocycles. The number of benzene rings is 2. The maximum atomic E-state index is 15.3. The third-order valence-electron chi connectivity index (χ3n) is 9.39. The number of nitrogens with one attached hydrogen (secondary N) is 2. The van der Waals surface area contributed by atoms with Crippen LogP contribution in [0.25, 0.3) is 0 Å². The van der Waals surface area contributed by atoms with Crippen LogP contribution in [0, 0.1) is 29.3 Å². The SMILES string of the molecule is C[C@H](C(=O)Nc1ccc(F)c(F)c1CC[C@H]1CN[C@@H]2CCCS(=O)(=O)N1C2)[C@@H](c1ccc(F)cc1)C1CCOC(C)(C)C1. The first-order valence-corrected chi connectivity index (χ1v) is 16.9. The first kappa shape index (κ1) is 31.9. The lowest BCUT2D eigenvalue weighted by molar-refractivity contribution is -0.122. The number of nitrogens with zero attached hydrogens (tertiary/aromatic N) is 1. The van der Waals surface area contributed by atoms with Crippen LogP contribution < -0.4 is 10.6 Å². The summed E-state index contributed by atoms with van der Waals surface area (Å²) >= 11 is 0. The van der Waals surface area contributed by atoms with Gasteiger partial charge < -0.3 is 15.4 Å². The molecule has 5 rings (SSSR count). The molecule has 2 unspecified atom stereocenters. The highest BCUT2D eigenvalue weighted by molar-refractivity contribution is 7.89. The topological polar surface area (TPSA) is 87.7 Å². The average molecular weight is 622 g/mol. The Labute approximate surface area is 252 Å². The summed E-state index contributed by atoms with van der Waals surface area (Å²) in [5.74, 6) is -3.48. The van der Waals surface area contributed by atoms with Gasteiger partial charge in [-0.25, -0.2) is 21.6 Å². The Kier molecular flexibility index (Phi) is 9.56. The molecule has 2 N–H and O–H groups in total. The van der Waals surface area contributed by atoms with Crippen LogP contribution >= 0.6 is 0 Å². The van der Waals surface area contributed by atoms with E-state index >= 15 is 4.39 Å². The highest BCUT2D eigenvalue weighted by Crippen LogP contribution is 2.43. The van der Waals surface area contributed by atoms with Crippen molar-refractivity contribution >= 4 is 21.6 Å². The van der Waals surface area contributed by atoms with Crippen molar-refractivity contribution in [1.82, 2.24) is 9.62 Å². The minimum absolute atomic E-state index is 0.0143. The van der Waals surface area contributed by atoms with Gasteiger partial charge in [0.05, 0.1) is 11.4 Å². The van der Waals surface area contributed by atoms with Gasteiger partial charge in [0, 0.05) is 48.9 Å². The molecule has 43 heavy (non-hydrogen) atoms. The van der Waals surface area contributed by atoms with E-state index < -0.39 is 33.6 Å². The summed E-state index contributed by atoms with van der Waals surface area (Å²) in [7, 11) is -3.44. The summed E-state index contributed by atoms with van der Waals surface area (Å²) in [6.45, 7) is 7.17. The average Bonchev–Trinajstić information content (AvgIpc) is 3.07. The first-order valence-electron chi connectivity index (χ1n) is 15.2. The molecule has 3 saturated heterocycles. The molecule has 1 amide bonds. The van der Waals surface area contributed by atoms with Gasteiger partial charge in [0.2, 0.25) is 15.9 Å². The van der Waals surface area contributed by atoms with Crippen LogP contribution in [-0.4, -0.2) is 61.8 Å². The first-order chi connectivity index (χ1) is 20.3. The van der Waals surface area contributed by atoms with E-state index in [1.807, 2.05) is 13.8 Å². The fraction of sp³-hybridized carbons (Fsp3) is 0.594. The van der Waals surface area contributed by atoms with E-state index in [1.165, 1.54) is 22.5 Å². The molecule has 0 spiro atoms. The summed E-state index contributed by atoms with van der Waals surface area (Å²) in [6, 6.07) is 8.22. The van der Waals surface area contributed by atoms with Crippen LogP contribution in [0.1, 0.15) is 69.9 Å². The second-order valence-corrected chi connectivity index (χ2v) is 15.0. The number of halogens is 3. The zero-order valence-electron chi connectivity index (χ0n) is 25.0. The third-order valence-corrected chi connectivity index (χ3v) is 11.4. The maximum Gasteiger partial charge on any atom is 0.227 e. The Bertz CT molecular complexity index is 1420. The smallest absolute Gasteiger partial charge is 0.227 e. The number of fused-ring (bicyclic) bond motifs is 2. The Morgan fingerprint density at radius 2 is 1.88 bits per heavy atom. The molecule has 0 aromatic heterocycles. The zero-order chi connectivity index (χ0) is 30.9. The Balaban J connectivity index is 1.37. The molecule has 11 heteroatoms. The number of anilines is 1. The predicted molar refractivity (Wildman–Crippen MR) is 160 cm³/mol. The van der Waals surface area contributed by atoms with Crippen molar-refractivity contribution in [2.75, 3.05) is 30.8 Å². The van der Waals surface area contributed by atoms with Crippen LogP contribution in [0.3, 0.4) is 0 Å². The van der Waals surface area contributed by atoms with Crippen LogP contribution in [0.5, 0.6) is 0 Å². The molecule has 0 saturated carbocycles. The maximum absolute atomic E-state index is 15.3. The van der Waals surface area contributed by atoms with Gasteiger partial charge in [0.25, 0.3) is 0 Å². The molecule has 3 aliphatic rings.